The molecule has 1 aliphatic rings. The van der Waals surface area contributed by atoms with Gasteiger partial charge in [-0.05, 0) is 42.7 Å². The second kappa shape index (κ2) is 9.54. The Balaban J connectivity index is 1.75. The van der Waals surface area contributed by atoms with Gasteiger partial charge in [-0.1, -0.05) is 78.5 Å². The maximum atomic E-state index is 13.5. The molecule has 1 fully saturated rings. The predicted molar refractivity (Wildman–Crippen MR) is 128 cm³/mol. The van der Waals surface area contributed by atoms with E-state index in [-0.39, 0.29) is 11.5 Å². The van der Waals surface area contributed by atoms with Crippen LogP contribution in [0.4, 0.5) is 11.4 Å². The number of hydrogen-bond acceptors (Lipinski definition) is 4. The summed E-state index contributed by atoms with van der Waals surface area (Å²) in [6.07, 6.45) is 0.509. The van der Waals surface area contributed by atoms with Crippen molar-refractivity contribution in [1.29, 1.82) is 5.26 Å². The summed E-state index contributed by atoms with van der Waals surface area (Å²) >= 11 is 1.27. The third-order valence-corrected chi connectivity index (χ3v) is 6.42. The number of benzene rings is 3. The second-order valence-electron chi connectivity index (χ2n) is 7.37. The molecule has 0 unspecified atom stereocenters. The summed E-state index contributed by atoms with van der Waals surface area (Å²) in [5.74, 6) is -0.670. The van der Waals surface area contributed by atoms with Gasteiger partial charge in [0.05, 0.1) is 10.9 Å². The first-order valence-electron chi connectivity index (χ1n) is 10.2. The molecule has 5 nitrogen and oxygen atoms in total. The van der Waals surface area contributed by atoms with E-state index in [0.29, 0.717) is 22.8 Å². The van der Waals surface area contributed by atoms with E-state index in [1.807, 2.05) is 73.7 Å². The highest BCUT2D eigenvalue weighted by atomic mass is 32.2. The topological polar surface area (TPSA) is 73.2 Å². The fourth-order valence-electron chi connectivity index (χ4n) is 3.56. The molecule has 1 saturated heterocycles. The van der Waals surface area contributed by atoms with Crippen molar-refractivity contribution in [1.82, 2.24) is 0 Å². The van der Waals surface area contributed by atoms with Crippen LogP contribution in [-0.2, 0) is 16.0 Å². The molecule has 0 bridgehead atoms. The van der Waals surface area contributed by atoms with Gasteiger partial charge in [0.15, 0.2) is 0 Å². The molecule has 3 aromatic carbocycles. The number of aryl methyl sites for hydroxylation is 1. The highest BCUT2D eigenvalue weighted by molar-refractivity contribution is 8.05. The van der Waals surface area contributed by atoms with Crippen LogP contribution in [0.2, 0.25) is 0 Å². The SMILES string of the molecule is Cc1ccccc1N1C(=O)[C@H](Cc2ccccc2)S/C1=C(/C#N)C(=O)Nc1ccccc1. The number of para-hydroxylation sites is 2. The van der Waals surface area contributed by atoms with Crippen LogP contribution in [0.15, 0.2) is 95.5 Å². The van der Waals surface area contributed by atoms with E-state index in [4.69, 9.17) is 0 Å². The molecular weight excluding hydrogens is 418 g/mol. The number of rotatable bonds is 5. The van der Waals surface area contributed by atoms with Gasteiger partial charge in [0.25, 0.3) is 5.91 Å². The quantitative estimate of drug-likeness (QED) is 0.445. The zero-order chi connectivity index (χ0) is 22.5. The first kappa shape index (κ1) is 21.4. The Bertz CT molecular complexity index is 1220. The third-order valence-electron chi connectivity index (χ3n) is 5.16. The molecule has 1 aliphatic heterocycles. The van der Waals surface area contributed by atoms with E-state index in [9.17, 15) is 14.9 Å². The summed E-state index contributed by atoms with van der Waals surface area (Å²) in [4.78, 5) is 28.0. The van der Waals surface area contributed by atoms with Gasteiger partial charge in [-0.15, -0.1) is 0 Å². The van der Waals surface area contributed by atoms with Crippen molar-refractivity contribution >= 4 is 35.0 Å². The molecule has 32 heavy (non-hydrogen) atoms. The normalized spacial score (nSPS) is 17.1. The Morgan fingerprint density at radius 1 is 1.00 bits per heavy atom. The summed E-state index contributed by atoms with van der Waals surface area (Å²) in [5.41, 5.74) is 3.10. The standard InChI is InChI=1S/C26H21N3O2S/c1-18-10-8-9-15-22(18)29-25(31)23(16-19-11-4-2-5-12-19)32-26(29)21(17-27)24(30)28-20-13-6-3-7-14-20/h2-15,23H,16H2,1H3,(H,28,30)/b26-21-/t23-/m0/s1. The first-order chi connectivity index (χ1) is 15.6. The lowest BCUT2D eigenvalue weighted by Gasteiger charge is -2.20. The molecule has 0 radical (unpaired) electrons. The average Bonchev–Trinajstić information content (AvgIpc) is 3.11. The number of nitrogens with zero attached hydrogens (tertiary/aromatic N) is 2. The lowest BCUT2D eigenvalue weighted by Crippen LogP contribution is -2.31. The number of nitrogens with one attached hydrogen (secondary N) is 1. The Labute approximate surface area is 191 Å². The minimum atomic E-state index is -0.534. The Morgan fingerprint density at radius 3 is 2.28 bits per heavy atom. The number of carbonyl (C=O) groups excluding carboxylic acids is 2. The van der Waals surface area contributed by atoms with Crippen molar-refractivity contribution in [2.45, 2.75) is 18.6 Å². The number of carbonyl (C=O) groups is 2. The van der Waals surface area contributed by atoms with Crippen molar-refractivity contribution in [2.24, 2.45) is 0 Å². The minimum Gasteiger partial charge on any atom is -0.321 e. The van der Waals surface area contributed by atoms with E-state index in [1.165, 1.54) is 16.7 Å². The summed E-state index contributed by atoms with van der Waals surface area (Å²) in [6, 6.07) is 28.2. The van der Waals surface area contributed by atoms with Gasteiger partial charge in [-0.2, -0.15) is 5.26 Å². The molecule has 4 rings (SSSR count). The van der Waals surface area contributed by atoms with Crippen molar-refractivity contribution in [2.75, 3.05) is 10.2 Å². The van der Waals surface area contributed by atoms with Crippen LogP contribution in [0.25, 0.3) is 0 Å². The van der Waals surface area contributed by atoms with Crippen LogP contribution in [-0.4, -0.2) is 17.1 Å². The third kappa shape index (κ3) is 4.43. The lowest BCUT2D eigenvalue weighted by molar-refractivity contribution is -0.117. The van der Waals surface area contributed by atoms with Gasteiger partial charge in [-0.3, -0.25) is 14.5 Å². The molecule has 0 aromatic heterocycles. The summed E-state index contributed by atoms with van der Waals surface area (Å²) in [5, 5.41) is 12.6. The van der Waals surface area contributed by atoms with E-state index >= 15 is 0 Å². The molecule has 2 amide bonds. The van der Waals surface area contributed by atoms with Gasteiger partial charge >= 0.3 is 0 Å². The molecular formula is C26H21N3O2S. The summed E-state index contributed by atoms with van der Waals surface area (Å²) in [7, 11) is 0. The molecule has 1 atom stereocenters. The molecule has 1 N–H and O–H groups in total. The maximum Gasteiger partial charge on any atom is 0.269 e. The number of amides is 2. The van der Waals surface area contributed by atoms with Crippen molar-refractivity contribution < 1.29 is 9.59 Å². The van der Waals surface area contributed by atoms with Crippen molar-refractivity contribution in [3.63, 3.8) is 0 Å². The maximum absolute atomic E-state index is 13.5. The van der Waals surface area contributed by atoms with E-state index in [1.54, 1.807) is 24.3 Å². The molecule has 6 heteroatoms. The Hall–Kier alpha value is -3.82. The van der Waals surface area contributed by atoms with Gasteiger partial charge in [0.1, 0.15) is 16.7 Å². The molecule has 1 heterocycles. The van der Waals surface area contributed by atoms with Crippen LogP contribution in [0.5, 0.6) is 0 Å². The number of hydrogen-bond donors (Lipinski definition) is 1. The average molecular weight is 440 g/mol. The smallest absolute Gasteiger partial charge is 0.269 e. The predicted octanol–water partition coefficient (Wildman–Crippen LogP) is 5.06. The number of nitriles is 1. The number of anilines is 2. The Kier molecular flexibility index (Phi) is 6.39. The summed E-state index contributed by atoms with van der Waals surface area (Å²) in [6.45, 7) is 1.91. The van der Waals surface area contributed by atoms with Gasteiger partial charge in [0, 0.05) is 5.69 Å². The van der Waals surface area contributed by atoms with E-state index < -0.39 is 11.2 Å². The molecule has 0 spiro atoms. The van der Waals surface area contributed by atoms with Gasteiger partial charge < -0.3 is 5.32 Å². The highest BCUT2D eigenvalue weighted by Crippen LogP contribution is 2.42. The molecule has 158 valence electrons. The van der Waals surface area contributed by atoms with Crippen LogP contribution in [0.3, 0.4) is 0 Å². The Morgan fingerprint density at radius 2 is 1.62 bits per heavy atom. The minimum absolute atomic E-state index is 0.0778. The van der Waals surface area contributed by atoms with Gasteiger partial charge in [-0.25, -0.2) is 0 Å². The first-order valence-corrected chi connectivity index (χ1v) is 11.1. The molecule has 0 aliphatic carbocycles. The highest BCUT2D eigenvalue weighted by Gasteiger charge is 2.41. The summed E-state index contributed by atoms with van der Waals surface area (Å²) < 4.78 is 0. The zero-order valence-corrected chi connectivity index (χ0v) is 18.3. The van der Waals surface area contributed by atoms with E-state index in [0.717, 1.165) is 11.1 Å². The number of thioether (sulfide) groups is 1. The lowest BCUT2D eigenvalue weighted by atomic mass is 10.1. The molecule has 0 saturated carbocycles. The van der Waals surface area contributed by atoms with Crippen LogP contribution in [0.1, 0.15) is 11.1 Å². The van der Waals surface area contributed by atoms with E-state index in [2.05, 4.69) is 5.32 Å². The monoisotopic (exact) mass is 439 g/mol. The van der Waals surface area contributed by atoms with Crippen LogP contribution in [0, 0.1) is 18.3 Å². The van der Waals surface area contributed by atoms with Crippen LogP contribution >= 0.6 is 11.8 Å². The molecule has 3 aromatic rings. The van der Waals surface area contributed by atoms with Crippen molar-refractivity contribution in [3.8, 4) is 6.07 Å². The second-order valence-corrected chi connectivity index (χ2v) is 8.56. The zero-order valence-electron chi connectivity index (χ0n) is 17.5. The largest absolute Gasteiger partial charge is 0.321 e. The van der Waals surface area contributed by atoms with Crippen LogP contribution < -0.4 is 10.2 Å². The van der Waals surface area contributed by atoms with Gasteiger partial charge in [0.2, 0.25) is 5.91 Å². The fraction of sp³-hybridized carbons (Fsp3) is 0.115. The fourth-order valence-corrected chi connectivity index (χ4v) is 4.86. The van der Waals surface area contributed by atoms with Crippen molar-refractivity contribution in [3.05, 3.63) is 107 Å².